The molecular formula is C22H22N2O7. The molecule has 0 aliphatic rings. The van der Waals surface area contributed by atoms with Crippen molar-refractivity contribution in [2.45, 2.75) is 19.6 Å². The van der Waals surface area contributed by atoms with Gasteiger partial charge in [-0.15, -0.1) is 0 Å². The summed E-state index contributed by atoms with van der Waals surface area (Å²) in [5.74, 6) is -0.0635. The number of ether oxygens (including phenoxy) is 3. The number of furan rings is 1. The number of hydrogen-bond acceptors (Lipinski definition) is 7. The number of esters is 1. The van der Waals surface area contributed by atoms with Gasteiger partial charge in [-0.2, -0.15) is 0 Å². The van der Waals surface area contributed by atoms with Crippen LogP contribution in [-0.4, -0.2) is 36.8 Å². The van der Waals surface area contributed by atoms with E-state index < -0.39 is 18.0 Å². The van der Waals surface area contributed by atoms with Gasteiger partial charge >= 0.3 is 5.97 Å². The molecule has 0 spiro atoms. The molecule has 1 amide bonds. The highest BCUT2D eigenvalue weighted by atomic mass is 16.6. The Kier molecular flexibility index (Phi) is 6.76. The van der Waals surface area contributed by atoms with E-state index in [-0.39, 0.29) is 17.9 Å². The van der Waals surface area contributed by atoms with Crippen LogP contribution in [0.4, 0.5) is 5.69 Å². The highest BCUT2D eigenvalue weighted by Gasteiger charge is 2.22. The van der Waals surface area contributed by atoms with E-state index >= 15 is 0 Å². The third-order valence-corrected chi connectivity index (χ3v) is 4.41. The van der Waals surface area contributed by atoms with Crippen molar-refractivity contribution in [2.24, 2.45) is 0 Å². The number of rotatable bonds is 8. The molecule has 9 heteroatoms. The number of nitrogens with zero attached hydrogens (tertiary/aromatic N) is 1. The maximum atomic E-state index is 12.5. The molecule has 1 N–H and O–H groups in total. The van der Waals surface area contributed by atoms with Crippen molar-refractivity contribution >= 4 is 17.6 Å². The average molecular weight is 426 g/mol. The van der Waals surface area contributed by atoms with E-state index in [1.54, 1.807) is 42.6 Å². The van der Waals surface area contributed by atoms with Crippen LogP contribution in [0.5, 0.6) is 11.5 Å². The minimum Gasteiger partial charge on any atom is -0.497 e. The second kappa shape index (κ2) is 9.66. The molecule has 0 saturated carbocycles. The number of carbonyl (C=O) groups excluding carboxylic acids is 2. The van der Waals surface area contributed by atoms with Crippen LogP contribution in [0.15, 0.2) is 63.9 Å². The van der Waals surface area contributed by atoms with Crippen LogP contribution in [-0.2, 0) is 16.1 Å². The summed E-state index contributed by atoms with van der Waals surface area (Å²) in [6.07, 6.45) is 0.510. The lowest BCUT2D eigenvalue weighted by atomic mass is 10.2. The summed E-state index contributed by atoms with van der Waals surface area (Å²) in [5, 5.41) is 2.65. The quantitative estimate of drug-likeness (QED) is 0.552. The number of carbonyl (C=O) groups is 2. The van der Waals surface area contributed by atoms with Crippen LogP contribution in [0.3, 0.4) is 0 Å². The predicted molar refractivity (Wildman–Crippen MR) is 112 cm³/mol. The number of methoxy groups -OCH3 is 2. The van der Waals surface area contributed by atoms with E-state index in [4.69, 9.17) is 18.6 Å². The van der Waals surface area contributed by atoms with Gasteiger partial charge in [-0.1, -0.05) is 6.07 Å². The largest absolute Gasteiger partial charge is 0.497 e. The summed E-state index contributed by atoms with van der Waals surface area (Å²) in [4.78, 5) is 36.6. The normalized spacial score (nSPS) is 11.5. The van der Waals surface area contributed by atoms with Crippen LogP contribution in [0.25, 0.3) is 0 Å². The number of hydrogen-bond donors (Lipinski definition) is 1. The van der Waals surface area contributed by atoms with Crippen molar-refractivity contribution in [2.75, 3.05) is 19.5 Å². The van der Waals surface area contributed by atoms with Gasteiger partial charge in [-0.25, -0.2) is 4.79 Å². The van der Waals surface area contributed by atoms with E-state index in [2.05, 4.69) is 5.32 Å². The topological polar surface area (TPSA) is 109 Å². The summed E-state index contributed by atoms with van der Waals surface area (Å²) < 4.78 is 22.5. The Bertz CT molecular complexity index is 1130. The van der Waals surface area contributed by atoms with Crippen molar-refractivity contribution < 1.29 is 28.2 Å². The third kappa shape index (κ3) is 5.33. The molecule has 162 valence electrons. The Morgan fingerprint density at radius 1 is 1.10 bits per heavy atom. The third-order valence-electron chi connectivity index (χ3n) is 4.41. The Morgan fingerprint density at radius 2 is 1.90 bits per heavy atom. The first-order valence-electron chi connectivity index (χ1n) is 9.39. The van der Waals surface area contributed by atoms with E-state index in [0.29, 0.717) is 22.9 Å². The van der Waals surface area contributed by atoms with Crippen LogP contribution in [0.2, 0.25) is 0 Å². The van der Waals surface area contributed by atoms with Crippen LogP contribution in [0.1, 0.15) is 23.2 Å². The van der Waals surface area contributed by atoms with Crippen molar-refractivity contribution in [1.29, 1.82) is 0 Å². The van der Waals surface area contributed by atoms with Crippen molar-refractivity contribution in [3.05, 3.63) is 76.6 Å². The first-order chi connectivity index (χ1) is 14.9. The van der Waals surface area contributed by atoms with Gasteiger partial charge in [0.2, 0.25) is 5.76 Å². The molecule has 0 saturated heterocycles. The van der Waals surface area contributed by atoms with Gasteiger partial charge in [0, 0.05) is 18.3 Å². The lowest BCUT2D eigenvalue weighted by molar-refractivity contribution is -0.123. The highest BCUT2D eigenvalue weighted by molar-refractivity contribution is 5.97. The Hall–Kier alpha value is -4.01. The molecule has 0 fully saturated rings. The second-order valence-corrected chi connectivity index (χ2v) is 6.54. The standard InChI is InChI=1S/C22H22N2O7/c1-14(21(26)23-17-12-15(28-2)7-9-18(17)29-3)30-22(27)19-10-8-16(31-19)13-24-11-5-4-6-20(24)25/h4-12,14H,13H2,1-3H3,(H,23,26)/t14-/m0/s1. The van der Waals surface area contributed by atoms with E-state index in [9.17, 15) is 14.4 Å². The molecule has 1 atom stereocenters. The van der Waals surface area contributed by atoms with Crippen molar-refractivity contribution in [3.63, 3.8) is 0 Å². The molecule has 0 aliphatic carbocycles. The highest BCUT2D eigenvalue weighted by Crippen LogP contribution is 2.29. The zero-order valence-corrected chi connectivity index (χ0v) is 17.3. The Labute approximate surface area is 178 Å². The van der Waals surface area contributed by atoms with Gasteiger partial charge in [0.25, 0.3) is 11.5 Å². The maximum absolute atomic E-state index is 12.5. The molecule has 9 nitrogen and oxygen atoms in total. The fourth-order valence-electron chi connectivity index (χ4n) is 2.75. The van der Waals surface area contributed by atoms with E-state index in [1.807, 2.05) is 0 Å². The zero-order valence-electron chi connectivity index (χ0n) is 17.3. The van der Waals surface area contributed by atoms with Gasteiger partial charge in [-0.05, 0) is 37.3 Å². The summed E-state index contributed by atoms with van der Waals surface area (Å²) in [7, 11) is 2.97. The van der Waals surface area contributed by atoms with Crippen LogP contribution >= 0.6 is 0 Å². The number of nitrogens with one attached hydrogen (secondary N) is 1. The number of anilines is 1. The Balaban J connectivity index is 1.63. The monoisotopic (exact) mass is 426 g/mol. The number of pyridine rings is 1. The number of amides is 1. The molecular weight excluding hydrogens is 404 g/mol. The molecule has 1 aromatic carbocycles. The first kappa shape index (κ1) is 21.7. The van der Waals surface area contributed by atoms with E-state index in [1.165, 1.54) is 37.8 Å². The van der Waals surface area contributed by atoms with Gasteiger partial charge in [0.1, 0.15) is 17.3 Å². The van der Waals surface area contributed by atoms with Gasteiger partial charge in [0.15, 0.2) is 6.10 Å². The summed E-state index contributed by atoms with van der Waals surface area (Å²) in [6, 6.07) is 12.7. The molecule has 2 heterocycles. The number of benzene rings is 1. The summed E-state index contributed by atoms with van der Waals surface area (Å²) >= 11 is 0. The average Bonchev–Trinajstić information content (AvgIpc) is 3.24. The zero-order chi connectivity index (χ0) is 22.4. The van der Waals surface area contributed by atoms with Gasteiger partial charge < -0.3 is 28.5 Å². The lowest BCUT2D eigenvalue weighted by Crippen LogP contribution is -2.30. The SMILES string of the molecule is COc1ccc(OC)c(NC(=O)[C@H](C)OC(=O)c2ccc(Cn3ccccc3=O)o2)c1. The lowest BCUT2D eigenvalue weighted by Gasteiger charge is -2.15. The minimum absolute atomic E-state index is 0.0717. The smallest absolute Gasteiger partial charge is 0.375 e. The fraction of sp³-hybridized carbons (Fsp3) is 0.227. The number of aromatic nitrogens is 1. The molecule has 3 rings (SSSR count). The minimum atomic E-state index is -1.10. The van der Waals surface area contributed by atoms with Gasteiger partial charge in [-0.3, -0.25) is 9.59 Å². The maximum Gasteiger partial charge on any atom is 0.375 e. The predicted octanol–water partition coefficient (Wildman–Crippen LogP) is 2.69. The van der Waals surface area contributed by atoms with Crippen LogP contribution < -0.4 is 20.3 Å². The Morgan fingerprint density at radius 3 is 2.61 bits per heavy atom. The van der Waals surface area contributed by atoms with E-state index in [0.717, 1.165) is 0 Å². The van der Waals surface area contributed by atoms with Crippen LogP contribution in [0, 0.1) is 0 Å². The molecule has 2 aromatic heterocycles. The molecule has 0 aliphatic heterocycles. The summed E-state index contributed by atoms with van der Waals surface area (Å²) in [5.41, 5.74) is 0.185. The first-order valence-corrected chi connectivity index (χ1v) is 9.39. The van der Waals surface area contributed by atoms with Crippen molar-refractivity contribution in [3.8, 4) is 11.5 Å². The van der Waals surface area contributed by atoms with Crippen molar-refractivity contribution in [1.82, 2.24) is 4.57 Å². The summed E-state index contributed by atoms with van der Waals surface area (Å²) in [6.45, 7) is 1.60. The fourth-order valence-corrected chi connectivity index (χ4v) is 2.75. The molecule has 0 unspecified atom stereocenters. The molecule has 31 heavy (non-hydrogen) atoms. The second-order valence-electron chi connectivity index (χ2n) is 6.54. The molecule has 0 radical (unpaired) electrons. The molecule has 3 aromatic rings. The van der Waals surface area contributed by atoms with Gasteiger partial charge in [0.05, 0.1) is 26.5 Å². The molecule has 0 bridgehead atoms.